The summed E-state index contributed by atoms with van der Waals surface area (Å²) in [6, 6.07) is 0. The van der Waals surface area contributed by atoms with Crippen molar-refractivity contribution in [3.8, 4) is 0 Å². The van der Waals surface area contributed by atoms with Crippen molar-refractivity contribution in [1.82, 2.24) is 10.3 Å². The fourth-order valence-corrected chi connectivity index (χ4v) is 2.16. The second kappa shape index (κ2) is 6.93. The monoisotopic (exact) mass is 228 g/mol. The van der Waals surface area contributed by atoms with E-state index in [4.69, 9.17) is 4.74 Å². The van der Waals surface area contributed by atoms with Crippen LogP contribution in [0.4, 0.5) is 0 Å². The summed E-state index contributed by atoms with van der Waals surface area (Å²) >= 11 is 1.76. The molecule has 0 aliphatic heterocycles. The van der Waals surface area contributed by atoms with Gasteiger partial charge in [-0.1, -0.05) is 13.8 Å². The Morgan fingerprint density at radius 3 is 3.07 bits per heavy atom. The lowest BCUT2D eigenvalue weighted by atomic mass is 10.1. The number of rotatable bonds is 7. The van der Waals surface area contributed by atoms with E-state index in [1.54, 1.807) is 18.4 Å². The van der Waals surface area contributed by atoms with Crippen molar-refractivity contribution in [2.24, 2.45) is 0 Å². The standard InChI is InChI=1S/C11H20N2OS/c1-4-9(2)11-13-10(8-15-11)7-12-5-6-14-3/h8-9,12H,4-7H2,1-3H3. The zero-order valence-electron chi connectivity index (χ0n) is 9.75. The summed E-state index contributed by atoms with van der Waals surface area (Å²) in [5, 5.41) is 6.68. The lowest BCUT2D eigenvalue weighted by Crippen LogP contribution is -2.18. The van der Waals surface area contributed by atoms with Gasteiger partial charge >= 0.3 is 0 Å². The number of nitrogens with one attached hydrogen (secondary N) is 1. The highest BCUT2D eigenvalue weighted by Gasteiger charge is 2.07. The van der Waals surface area contributed by atoms with Gasteiger partial charge < -0.3 is 10.1 Å². The van der Waals surface area contributed by atoms with Crippen LogP contribution >= 0.6 is 11.3 Å². The summed E-state index contributed by atoms with van der Waals surface area (Å²) in [5.74, 6) is 0.586. The first-order valence-corrected chi connectivity index (χ1v) is 6.29. The minimum atomic E-state index is 0.586. The SMILES string of the molecule is CCC(C)c1nc(CNCCOC)cs1. The van der Waals surface area contributed by atoms with Gasteiger partial charge in [0.15, 0.2) is 0 Å². The predicted octanol–water partition coefficient (Wildman–Crippen LogP) is 2.39. The molecule has 1 N–H and O–H groups in total. The van der Waals surface area contributed by atoms with E-state index in [9.17, 15) is 0 Å². The highest BCUT2D eigenvalue weighted by Crippen LogP contribution is 2.22. The number of aromatic nitrogens is 1. The van der Waals surface area contributed by atoms with Gasteiger partial charge in [0.25, 0.3) is 0 Å². The van der Waals surface area contributed by atoms with Crippen LogP contribution in [0.25, 0.3) is 0 Å². The average molecular weight is 228 g/mol. The molecule has 1 unspecified atom stereocenters. The van der Waals surface area contributed by atoms with Crippen LogP contribution in [0.1, 0.15) is 36.9 Å². The van der Waals surface area contributed by atoms with Gasteiger partial charge in [0, 0.05) is 31.5 Å². The van der Waals surface area contributed by atoms with Gasteiger partial charge in [-0.2, -0.15) is 0 Å². The molecule has 0 amide bonds. The Kier molecular flexibility index (Phi) is 5.83. The number of ether oxygens (including phenoxy) is 1. The maximum Gasteiger partial charge on any atom is 0.0956 e. The third-order valence-corrected chi connectivity index (χ3v) is 3.52. The van der Waals surface area contributed by atoms with Gasteiger partial charge in [-0.25, -0.2) is 4.98 Å². The maximum atomic E-state index is 4.96. The van der Waals surface area contributed by atoms with Gasteiger partial charge in [-0.05, 0) is 6.42 Å². The first-order chi connectivity index (χ1) is 7.27. The smallest absolute Gasteiger partial charge is 0.0956 e. The zero-order valence-corrected chi connectivity index (χ0v) is 10.6. The van der Waals surface area contributed by atoms with Crippen molar-refractivity contribution < 1.29 is 4.74 Å². The third-order valence-electron chi connectivity index (χ3n) is 2.39. The van der Waals surface area contributed by atoms with E-state index in [1.165, 1.54) is 5.01 Å². The second-order valence-electron chi connectivity index (χ2n) is 3.66. The molecule has 0 aromatic carbocycles. The lowest BCUT2D eigenvalue weighted by molar-refractivity contribution is 0.199. The molecule has 3 nitrogen and oxygen atoms in total. The van der Waals surface area contributed by atoms with E-state index in [-0.39, 0.29) is 0 Å². The highest BCUT2D eigenvalue weighted by molar-refractivity contribution is 7.09. The Balaban J connectivity index is 2.33. The van der Waals surface area contributed by atoms with Gasteiger partial charge in [0.05, 0.1) is 17.3 Å². The van der Waals surface area contributed by atoms with E-state index in [1.807, 2.05) is 0 Å². The van der Waals surface area contributed by atoms with Crippen molar-refractivity contribution in [2.75, 3.05) is 20.3 Å². The predicted molar refractivity (Wildman–Crippen MR) is 64.4 cm³/mol. The fraction of sp³-hybridized carbons (Fsp3) is 0.727. The molecule has 0 aliphatic carbocycles. The lowest BCUT2D eigenvalue weighted by Gasteiger charge is -2.03. The minimum Gasteiger partial charge on any atom is -0.383 e. The van der Waals surface area contributed by atoms with Crippen molar-refractivity contribution in [3.63, 3.8) is 0 Å². The molecule has 0 saturated heterocycles. The van der Waals surface area contributed by atoms with Crippen molar-refractivity contribution in [2.45, 2.75) is 32.7 Å². The Morgan fingerprint density at radius 2 is 2.40 bits per heavy atom. The van der Waals surface area contributed by atoms with Gasteiger partial charge in [0.2, 0.25) is 0 Å². The van der Waals surface area contributed by atoms with E-state index >= 15 is 0 Å². The van der Waals surface area contributed by atoms with Crippen molar-refractivity contribution in [3.05, 3.63) is 16.1 Å². The summed E-state index contributed by atoms with van der Waals surface area (Å²) in [6.45, 7) is 6.90. The molecule has 0 radical (unpaired) electrons. The van der Waals surface area contributed by atoms with E-state index in [0.29, 0.717) is 5.92 Å². The molecular weight excluding hydrogens is 208 g/mol. The average Bonchev–Trinajstić information content (AvgIpc) is 2.72. The van der Waals surface area contributed by atoms with Crippen LogP contribution in [-0.4, -0.2) is 25.2 Å². The normalized spacial score (nSPS) is 13.0. The van der Waals surface area contributed by atoms with Crippen LogP contribution < -0.4 is 5.32 Å². The summed E-state index contributed by atoms with van der Waals surface area (Å²) in [5.41, 5.74) is 1.14. The number of hydrogen-bond donors (Lipinski definition) is 1. The van der Waals surface area contributed by atoms with Crippen LogP contribution in [0, 0.1) is 0 Å². The third kappa shape index (κ3) is 4.28. The van der Waals surface area contributed by atoms with Gasteiger partial charge in [0.1, 0.15) is 0 Å². The van der Waals surface area contributed by atoms with Gasteiger partial charge in [-0.15, -0.1) is 11.3 Å². The molecule has 0 aliphatic rings. The van der Waals surface area contributed by atoms with E-state index in [2.05, 4.69) is 29.5 Å². The minimum absolute atomic E-state index is 0.586. The molecule has 0 fully saturated rings. The van der Waals surface area contributed by atoms with Crippen LogP contribution in [0.2, 0.25) is 0 Å². The highest BCUT2D eigenvalue weighted by atomic mass is 32.1. The number of nitrogens with zero attached hydrogens (tertiary/aromatic N) is 1. The Morgan fingerprint density at radius 1 is 1.60 bits per heavy atom. The molecule has 4 heteroatoms. The topological polar surface area (TPSA) is 34.2 Å². The number of thiazole rings is 1. The van der Waals surface area contributed by atoms with E-state index < -0.39 is 0 Å². The molecule has 86 valence electrons. The number of hydrogen-bond acceptors (Lipinski definition) is 4. The second-order valence-corrected chi connectivity index (χ2v) is 4.55. The summed E-state index contributed by atoms with van der Waals surface area (Å²) in [4.78, 5) is 4.59. The molecule has 0 saturated carbocycles. The Hall–Kier alpha value is -0.450. The van der Waals surface area contributed by atoms with Crippen molar-refractivity contribution in [1.29, 1.82) is 0 Å². The molecule has 1 aromatic rings. The Labute approximate surface area is 95.9 Å². The Bertz CT molecular complexity index is 275. The first-order valence-electron chi connectivity index (χ1n) is 5.41. The molecule has 0 spiro atoms. The van der Waals surface area contributed by atoms with E-state index in [0.717, 1.165) is 31.8 Å². The van der Waals surface area contributed by atoms with Crippen LogP contribution in [0.3, 0.4) is 0 Å². The molecule has 1 aromatic heterocycles. The maximum absolute atomic E-state index is 4.96. The zero-order chi connectivity index (χ0) is 11.1. The largest absolute Gasteiger partial charge is 0.383 e. The van der Waals surface area contributed by atoms with Crippen LogP contribution in [0.5, 0.6) is 0 Å². The summed E-state index contributed by atoms with van der Waals surface area (Å²) in [7, 11) is 1.71. The fourth-order valence-electron chi connectivity index (χ4n) is 1.20. The molecule has 1 heterocycles. The molecule has 0 bridgehead atoms. The molecular formula is C11H20N2OS. The molecule has 1 atom stereocenters. The summed E-state index contributed by atoms with van der Waals surface area (Å²) in [6.07, 6.45) is 1.16. The molecule has 15 heavy (non-hydrogen) atoms. The molecule has 1 rings (SSSR count). The quantitative estimate of drug-likeness (QED) is 0.728. The van der Waals surface area contributed by atoms with Crippen molar-refractivity contribution >= 4 is 11.3 Å². The summed E-state index contributed by atoms with van der Waals surface area (Å²) < 4.78 is 4.96. The number of methoxy groups -OCH3 is 1. The van der Waals surface area contributed by atoms with Gasteiger partial charge in [-0.3, -0.25) is 0 Å². The first kappa shape index (κ1) is 12.6. The van der Waals surface area contributed by atoms with Crippen LogP contribution in [-0.2, 0) is 11.3 Å². The van der Waals surface area contributed by atoms with Crippen LogP contribution in [0.15, 0.2) is 5.38 Å².